The van der Waals surface area contributed by atoms with Gasteiger partial charge in [-0.2, -0.15) is 0 Å². The second-order valence-corrected chi connectivity index (χ2v) is 3.36. The summed E-state index contributed by atoms with van der Waals surface area (Å²) in [5.74, 6) is -3.24. The van der Waals surface area contributed by atoms with E-state index in [0.717, 1.165) is 6.92 Å². The van der Waals surface area contributed by atoms with Crippen molar-refractivity contribution in [3.63, 3.8) is 0 Å². The number of hydrogen-bond donors (Lipinski definition) is 3. The highest BCUT2D eigenvalue weighted by atomic mass is 16.4. The molecular weight excluding hydrogens is 204 g/mol. The van der Waals surface area contributed by atoms with E-state index in [2.05, 4.69) is 0 Å². The highest BCUT2D eigenvalue weighted by molar-refractivity contribution is 6.05. The average molecular weight is 218 g/mol. The zero-order chi connectivity index (χ0) is 12.2. The number of ketones is 2. The summed E-state index contributed by atoms with van der Waals surface area (Å²) in [6.07, 6.45) is -2.11. The number of Topliss-reactive ketones (excluding diaryl/α,β-unsaturated/α-hetero) is 2. The minimum atomic E-state index is -2.54. The van der Waals surface area contributed by atoms with Crippen LogP contribution in [0.4, 0.5) is 0 Å². The second kappa shape index (κ2) is 4.99. The van der Waals surface area contributed by atoms with Gasteiger partial charge in [-0.15, -0.1) is 0 Å². The van der Waals surface area contributed by atoms with Crippen LogP contribution in [0.3, 0.4) is 0 Å². The predicted octanol–water partition coefficient (Wildman–Crippen LogP) is -0.879. The van der Waals surface area contributed by atoms with Gasteiger partial charge in [0.25, 0.3) is 0 Å². The van der Waals surface area contributed by atoms with Crippen molar-refractivity contribution in [2.45, 2.75) is 38.4 Å². The molecule has 0 bridgehead atoms. The molecule has 2 unspecified atom stereocenters. The van der Waals surface area contributed by atoms with Crippen molar-refractivity contribution in [1.82, 2.24) is 0 Å². The third kappa shape index (κ3) is 3.41. The van der Waals surface area contributed by atoms with E-state index in [1.165, 1.54) is 6.92 Å². The molecule has 0 radical (unpaired) electrons. The Labute approximate surface area is 86.5 Å². The van der Waals surface area contributed by atoms with Crippen LogP contribution in [0.25, 0.3) is 0 Å². The van der Waals surface area contributed by atoms with Crippen LogP contribution in [0.2, 0.25) is 0 Å². The molecule has 0 aliphatic heterocycles. The summed E-state index contributed by atoms with van der Waals surface area (Å²) in [7, 11) is 0. The summed E-state index contributed by atoms with van der Waals surface area (Å²) in [5.41, 5.74) is -2.54. The molecule has 0 amide bonds. The van der Waals surface area contributed by atoms with E-state index >= 15 is 0 Å². The number of rotatable bonds is 6. The van der Waals surface area contributed by atoms with E-state index in [4.69, 9.17) is 10.2 Å². The fourth-order valence-electron chi connectivity index (χ4n) is 0.947. The summed E-state index contributed by atoms with van der Waals surface area (Å²) >= 11 is 0. The van der Waals surface area contributed by atoms with E-state index in [0.29, 0.717) is 0 Å². The number of hydrogen-bond acceptors (Lipinski definition) is 5. The predicted molar refractivity (Wildman–Crippen MR) is 49.2 cm³/mol. The van der Waals surface area contributed by atoms with Crippen LogP contribution < -0.4 is 0 Å². The first-order chi connectivity index (χ1) is 6.71. The first kappa shape index (κ1) is 13.7. The second-order valence-electron chi connectivity index (χ2n) is 3.36. The molecule has 0 saturated carbocycles. The Bertz CT molecular complexity index is 266. The largest absolute Gasteiger partial charge is 0.479 e. The molecule has 15 heavy (non-hydrogen) atoms. The van der Waals surface area contributed by atoms with E-state index < -0.39 is 35.7 Å². The van der Waals surface area contributed by atoms with Crippen LogP contribution in [0, 0.1) is 0 Å². The lowest BCUT2D eigenvalue weighted by Gasteiger charge is -2.19. The molecule has 86 valence electrons. The molecule has 2 atom stereocenters. The monoisotopic (exact) mass is 218 g/mol. The number of carbonyl (C=O) groups excluding carboxylic acids is 2. The Morgan fingerprint density at radius 2 is 1.80 bits per heavy atom. The fraction of sp³-hybridized carbons (Fsp3) is 0.667. The molecule has 0 aromatic carbocycles. The smallest absolute Gasteiger partial charge is 0.343 e. The van der Waals surface area contributed by atoms with Gasteiger partial charge in [-0.1, -0.05) is 0 Å². The van der Waals surface area contributed by atoms with Crippen LogP contribution in [-0.2, 0) is 14.4 Å². The molecule has 0 aliphatic carbocycles. The molecule has 3 N–H and O–H groups in total. The summed E-state index contributed by atoms with van der Waals surface area (Å²) < 4.78 is 0. The van der Waals surface area contributed by atoms with Crippen LogP contribution in [0.1, 0.15) is 26.7 Å². The van der Waals surface area contributed by atoms with Gasteiger partial charge in [0.2, 0.25) is 5.60 Å². The number of aliphatic carboxylic acids is 1. The molecule has 0 aromatic heterocycles. The summed E-state index contributed by atoms with van der Waals surface area (Å²) in [6.45, 7) is 2.16. The summed E-state index contributed by atoms with van der Waals surface area (Å²) in [6, 6.07) is 0. The standard InChI is InChI=1S/C9H14O6/c1-5(10)7(12)3-4-9(15,6(2)11)8(13)14/h5,10,15H,3-4H2,1-2H3,(H,13,14). The Kier molecular flexibility index (Phi) is 4.57. The third-order valence-electron chi connectivity index (χ3n) is 2.14. The van der Waals surface area contributed by atoms with Gasteiger partial charge in [0, 0.05) is 12.8 Å². The lowest BCUT2D eigenvalue weighted by molar-refractivity contribution is -0.165. The van der Waals surface area contributed by atoms with Gasteiger partial charge in [0.1, 0.15) is 6.10 Å². The van der Waals surface area contributed by atoms with E-state index in [-0.39, 0.29) is 6.42 Å². The molecule has 6 nitrogen and oxygen atoms in total. The number of carboxylic acid groups (broad SMARTS) is 1. The number of carboxylic acids is 1. The number of aliphatic hydroxyl groups excluding tert-OH is 1. The van der Waals surface area contributed by atoms with Gasteiger partial charge in [-0.05, 0) is 13.8 Å². The Balaban J connectivity index is 4.53. The van der Waals surface area contributed by atoms with Crippen molar-refractivity contribution in [1.29, 1.82) is 0 Å². The fourth-order valence-corrected chi connectivity index (χ4v) is 0.947. The molecule has 0 saturated heterocycles. The van der Waals surface area contributed by atoms with Crippen LogP contribution >= 0.6 is 0 Å². The lowest BCUT2D eigenvalue weighted by Crippen LogP contribution is -2.46. The zero-order valence-corrected chi connectivity index (χ0v) is 8.56. The van der Waals surface area contributed by atoms with Gasteiger partial charge < -0.3 is 15.3 Å². The molecule has 0 aromatic rings. The number of carbonyl (C=O) groups is 3. The molecule has 0 fully saturated rings. The molecule has 6 heteroatoms. The SMILES string of the molecule is CC(=O)C(O)(CCC(=O)C(C)O)C(=O)O. The lowest BCUT2D eigenvalue weighted by atomic mass is 9.92. The van der Waals surface area contributed by atoms with E-state index in [1.54, 1.807) is 0 Å². The van der Waals surface area contributed by atoms with Gasteiger partial charge in [-0.25, -0.2) is 4.79 Å². The van der Waals surface area contributed by atoms with Crippen molar-refractivity contribution in [2.75, 3.05) is 0 Å². The van der Waals surface area contributed by atoms with Crippen molar-refractivity contribution >= 4 is 17.5 Å². The normalized spacial score (nSPS) is 16.5. The molecule has 0 aliphatic rings. The van der Waals surface area contributed by atoms with Crippen molar-refractivity contribution in [2.24, 2.45) is 0 Å². The van der Waals surface area contributed by atoms with E-state index in [9.17, 15) is 19.5 Å². The van der Waals surface area contributed by atoms with Crippen LogP contribution in [0.5, 0.6) is 0 Å². The molecular formula is C9H14O6. The Hall–Kier alpha value is -1.27. The van der Waals surface area contributed by atoms with Gasteiger partial charge in [0.05, 0.1) is 0 Å². The zero-order valence-electron chi connectivity index (χ0n) is 8.56. The molecule has 0 heterocycles. The van der Waals surface area contributed by atoms with Crippen LogP contribution in [-0.4, -0.2) is 44.6 Å². The number of aliphatic hydroxyl groups is 2. The summed E-state index contributed by atoms with van der Waals surface area (Å²) in [5, 5.41) is 26.9. The van der Waals surface area contributed by atoms with Crippen molar-refractivity contribution < 1.29 is 29.7 Å². The van der Waals surface area contributed by atoms with Gasteiger partial charge in [0.15, 0.2) is 11.6 Å². The maximum Gasteiger partial charge on any atom is 0.343 e. The topological polar surface area (TPSA) is 112 Å². The van der Waals surface area contributed by atoms with Crippen molar-refractivity contribution in [3.8, 4) is 0 Å². The van der Waals surface area contributed by atoms with Gasteiger partial charge >= 0.3 is 5.97 Å². The molecule has 0 rings (SSSR count). The highest BCUT2D eigenvalue weighted by Gasteiger charge is 2.41. The molecule has 0 spiro atoms. The van der Waals surface area contributed by atoms with Crippen molar-refractivity contribution in [3.05, 3.63) is 0 Å². The minimum Gasteiger partial charge on any atom is -0.479 e. The quantitative estimate of drug-likeness (QED) is 0.499. The minimum absolute atomic E-state index is 0.361. The maximum atomic E-state index is 11.0. The maximum absolute atomic E-state index is 11.0. The van der Waals surface area contributed by atoms with Gasteiger partial charge in [-0.3, -0.25) is 9.59 Å². The highest BCUT2D eigenvalue weighted by Crippen LogP contribution is 2.15. The Morgan fingerprint density at radius 3 is 2.07 bits per heavy atom. The average Bonchev–Trinajstić information content (AvgIpc) is 2.12. The third-order valence-corrected chi connectivity index (χ3v) is 2.14. The Morgan fingerprint density at radius 1 is 1.33 bits per heavy atom. The van der Waals surface area contributed by atoms with E-state index in [1.807, 2.05) is 0 Å². The van der Waals surface area contributed by atoms with Crippen LogP contribution in [0.15, 0.2) is 0 Å². The first-order valence-corrected chi connectivity index (χ1v) is 4.39. The summed E-state index contributed by atoms with van der Waals surface area (Å²) in [4.78, 5) is 32.5. The first-order valence-electron chi connectivity index (χ1n) is 4.39.